The number of nitrogens with zero attached hydrogens (tertiary/aromatic N) is 4. The molecule has 1 unspecified atom stereocenters. The zero-order valence-electron chi connectivity index (χ0n) is 32.0. The predicted molar refractivity (Wildman–Crippen MR) is 229 cm³/mol. The molecule has 0 radical (unpaired) electrons. The number of hydrogen-bond acceptors (Lipinski definition) is 12. The zero-order valence-corrected chi connectivity index (χ0v) is 34.2. The predicted octanol–water partition coefficient (Wildman–Crippen LogP) is 5.16. The fourth-order valence-electron chi connectivity index (χ4n) is 7.50. The highest BCUT2D eigenvalue weighted by atomic mass is 127. The number of rotatable bonds is 8. The number of aromatic nitrogens is 3. The largest absolute Gasteiger partial charge is 0.490 e. The van der Waals surface area contributed by atoms with E-state index in [1.54, 1.807) is 0 Å². The Morgan fingerprint density at radius 1 is 0.804 bits per heavy atom. The second-order valence-corrected chi connectivity index (χ2v) is 15.6. The third-order valence-electron chi connectivity index (χ3n) is 10.6. The number of halogens is 1. The van der Waals surface area contributed by atoms with Gasteiger partial charge in [-0.05, 0) is 153 Å². The highest BCUT2D eigenvalue weighted by Crippen LogP contribution is 2.38. The lowest BCUT2D eigenvalue weighted by Crippen LogP contribution is -2.45. The van der Waals surface area contributed by atoms with E-state index in [2.05, 4.69) is 71.9 Å². The number of fused-ring (bicyclic) bond motifs is 2. The minimum Gasteiger partial charge on any atom is -0.490 e. The Balaban J connectivity index is 0.000000152. The summed E-state index contributed by atoms with van der Waals surface area (Å²) in [6, 6.07) is 15.4. The molecule has 5 aromatic rings. The normalized spacial score (nSPS) is 18.0. The first-order chi connectivity index (χ1) is 27.2. The molecule has 56 heavy (non-hydrogen) atoms. The zero-order chi connectivity index (χ0) is 39.4. The van der Waals surface area contributed by atoms with Crippen molar-refractivity contribution < 1.29 is 34.1 Å². The fourth-order valence-corrected chi connectivity index (χ4v) is 8.15. The lowest BCUT2D eigenvalue weighted by Gasteiger charge is -2.32. The van der Waals surface area contributed by atoms with Crippen LogP contribution in [-0.4, -0.2) is 100 Å². The topological polar surface area (TPSA) is 159 Å². The molecule has 3 aliphatic rings. The highest BCUT2D eigenvalue weighted by molar-refractivity contribution is 14.1. The molecule has 2 saturated heterocycles. The minimum atomic E-state index is -1.47. The van der Waals surface area contributed by atoms with E-state index in [9.17, 15) is 9.82 Å². The molecular formula is C41H50B2IN5O7. The number of pyridine rings is 3. The van der Waals surface area contributed by atoms with Crippen molar-refractivity contribution in [1.29, 1.82) is 0 Å². The Labute approximate surface area is 342 Å². The van der Waals surface area contributed by atoms with E-state index in [-0.39, 0.29) is 19.3 Å². The molecule has 8 rings (SSSR count). The number of piperidine rings is 2. The van der Waals surface area contributed by atoms with Gasteiger partial charge in [-0.2, -0.15) is 0 Å². The Bertz CT molecular complexity index is 2050. The summed E-state index contributed by atoms with van der Waals surface area (Å²) in [5.74, 6) is 2.94. The van der Waals surface area contributed by atoms with E-state index in [4.69, 9.17) is 24.3 Å². The third-order valence-corrected chi connectivity index (χ3v) is 11.5. The molecule has 15 heteroatoms. The van der Waals surface area contributed by atoms with Crippen LogP contribution in [0, 0.1) is 3.57 Å². The van der Waals surface area contributed by atoms with E-state index in [1.807, 2.05) is 43.7 Å². The molecule has 5 heterocycles. The van der Waals surface area contributed by atoms with Crippen LogP contribution in [0.15, 0.2) is 79.5 Å². The Kier molecular flexibility index (Phi) is 15.3. The van der Waals surface area contributed by atoms with Crippen molar-refractivity contribution in [2.24, 2.45) is 0 Å². The number of Topliss-reactive ketones (excluding diaryl/α,β-unsaturated/α-hetero) is 1. The Hall–Kier alpha value is -3.86. The number of methoxy groups -OCH3 is 1. The number of benzene rings is 2. The summed E-state index contributed by atoms with van der Waals surface area (Å²) in [7, 11) is -0.364. The van der Waals surface area contributed by atoms with E-state index >= 15 is 0 Å². The maximum absolute atomic E-state index is 11.9. The van der Waals surface area contributed by atoms with Crippen LogP contribution >= 0.6 is 22.6 Å². The molecule has 4 N–H and O–H groups in total. The summed E-state index contributed by atoms with van der Waals surface area (Å²) in [6.45, 7) is 5.61. The molecule has 1 aliphatic carbocycles. The van der Waals surface area contributed by atoms with E-state index in [1.165, 1.54) is 45.3 Å². The van der Waals surface area contributed by atoms with Gasteiger partial charge >= 0.3 is 14.2 Å². The number of ether oxygens (including phenoxy) is 3. The summed E-state index contributed by atoms with van der Waals surface area (Å²) >= 11 is 2.34. The van der Waals surface area contributed by atoms with Gasteiger partial charge in [-0.3, -0.25) is 14.8 Å². The first-order valence-corrected chi connectivity index (χ1v) is 20.5. The van der Waals surface area contributed by atoms with Crippen LogP contribution in [0.5, 0.6) is 17.4 Å². The fraction of sp³-hybridized carbons (Fsp3) is 0.415. The maximum Gasteiger partial charge on any atom is 0.488 e. The summed E-state index contributed by atoms with van der Waals surface area (Å²) < 4.78 is 18.5. The summed E-state index contributed by atoms with van der Waals surface area (Å²) in [5.41, 5.74) is 1.65. The minimum absolute atomic E-state index is 0.212. The number of carbonyl (C=O) groups is 1. The van der Waals surface area contributed by atoms with Crippen LogP contribution in [0.2, 0.25) is 6.82 Å². The van der Waals surface area contributed by atoms with Crippen LogP contribution in [0.3, 0.4) is 0 Å². The van der Waals surface area contributed by atoms with Crippen molar-refractivity contribution >= 4 is 69.6 Å². The number of nitrogens with one attached hydrogen (secondary N) is 1. The van der Waals surface area contributed by atoms with E-state index in [0.717, 1.165) is 93.4 Å². The second-order valence-electron chi connectivity index (χ2n) is 14.4. The first kappa shape index (κ1) is 41.8. The average molecular weight is 873 g/mol. The SMILES string of the molecule is CB(O)N1CCC(Oc2ccc(I)c3ccncc23)CC1.COc1cc(B(O)O)ccn1.O=C1CCCC(c2ccc(OC3CCNCC3)c3cnccc23)C1. The van der Waals surface area contributed by atoms with Crippen molar-refractivity contribution in [2.45, 2.75) is 76.3 Å². The number of carbonyl (C=O) groups excluding carboxylic acids is 1. The Morgan fingerprint density at radius 3 is 2.09 bits per heavy atom. The van der Waals surface area contributed by atoms with Gasteiger partial charge in [0.25, 0.3) is 0 Å². The highest BCUT2D eigenvalue weighted by Gasteiger charge is 2.26. The van der Waals surface area contributed by atoms with Gasteiger partial charge in [-0.1, -0.05) is 6.07 Å². The summed E-state index contributed by atoms with van der Waals surface area (Å²) in [6.07, 6.45) is 16.9. The average Bonchev–Trinajstić information content (AvgIpc) is 3.23. The summed E-state index contributed by atoms with van der Waals surface area (Å²) in [5, 5.41) is 34.9. The monoisotopic (exact) mass is 873 g/mol. The van der Waals surface area contributed by atoms with Crippen LogP contribution in [-0.2, 0) is 4.79 Å². The van der Waals surface area contributed by atoms with Crippen molar-refractivity contribution in [2.75, 3.05) is 33.3 Å². The molecule has 0 amide bonds. The van der Waals surface area contributed by atoms with Crippen molar-refractivity contribution in [3.63, 3.8) is 0 Å². The lowest BCUT2D eigenvalue weighted by atomic mass is 9.81. The Morgan fingerprint density at radius 2 is 1.45 bits per heavy atom. The molecule has 2 aliphatic heterocycles. The smallest absolute Gasteiger partial charge is 0.488 e. The number of ketones is 1. The molecule has 12 nitrogen and oxygen atoms in total. The van der Waals surface area contributed by atoms with Crippen LogP contribution in [0.25, 0.3) is 21.5 Å². The van der Waals surface area contributed by atoms with Gasteiger partial charge in [-0.25, -0.2) is 4.98 Å². The van der Waals surface area contributed by atoms with E-state index in [0.29, 0.717) is 29.5 Å². The summed E-state index contributed by atoms with van der Waals surface area (Å²) in [4.78, 5) is 26.3. The van der Waals surface area contributed by atoms with Gasteiger partial charge in [0.2, 0.25) is 5.88 Å². The molecule has 294 valence electrons. The molecule has 1 saturated carbocycles. The first-order valence-electron chi connectivity index (χ1n) is 19.4. The lowest BCUT2D eigenvalue weighted by molar-refractivity contribution is -0.120. The van der Waals surface area contributed by atoms with Crippen LogP contribution in [0.1, 0.15) is 62.8 Å². The van der Waals surface area contributed by atoms with Gasteiger partial charge < -0.3 is 39.4 Å². The molecule has 3 aromatic heterocycles. The van der Waals surface area contributed by atoms with Crippen LogP contribution < -0.4 is 25.0 Å². The van der Waals surface area contributed by atoms with Crippen molar-refractivity contribution in [1.82, 2.24) is 25.1 Å². The molecule has 0 bridgehead atoms. The maximum atomic E-state index is 11.9. The third kappa shape index (κ3) is 11.2. The van der Waals surface area contributed by atoms with Crippen LogP contribution in [0.4, 0.5) is 0 Å². The molecule has 3 fully saturated rings. The molecular weight excluding hydrogens is 823 g/mol. The van der Waals surface area contributed by atoms with Gasteiger partial charge in [0, 0.05) is 69.6 Å². The standard InChI is InChI=1S/C20H24N2O2.C15H18BIN2O2.C6H8BNO3/c23-15-3-1-2-14(12-15)17-4-5-20(19-13-22-11-8-18(17)19)24-16-6-9-21-10-7-16;1-16(20)19-8-5-11(6-9-19)21-15-3-2-14(17)12-4-7-18-10-13(12)15;1-11-6-4-5(7(9)10)2-3-8-6/h4-5,8,11,13-14,16,21H,1-3,6-7,9-10,12H2;2-4,7,10-11,20H,5-6,8-9H2,1H3;2-4,9-10H,1H3. The van der Waals surface area contributed by atoms with Crippen molar-refractivity contribution in [3.8, 4) is 17.4 Å². The van der Waals surface area contributed by atoms with Gasteiger partial charge in [0.05, 0.1) is 7.11 Å². The second kappa shape index (κ2) is 20.5. The van der Waals surface area contributed by atoms with Crippen molar-refractivity contribution in [3.05, 3.63) is 88.6 Å². The molecule has 1 atom stereocenters. The molecule has 0 spiro atoms. The van der Waals surface area contributed by atoms with Gasteiger partial charge in [-0.15, -0.1) is 0 Å². The van der Waals surface area contributed by atoms with Gasteiger partial charge in [0.15, 0.2) is 0 Å². The van der Waals surface area contributed by atoms with E-state index < -0.39 is 7.12 Å². The quantitative estimate of drug-likeness (QED) is 0.120. The molecule has 2 aromatic carbocycles. The van der Waals surface area contributed by atoms with Gasteiger partial charge in [0.1, 0.15) is 29.5 Å². The number of hydrogen-bond donors (Lipinski definition) is 4.